The van der Waals surface area contributed by atoms with Crippen LogP contribution in [0.25, 0.3) is 0 Å². The van der Waals surface area contributed by atoms with Gasteiger partial charge in [0, 0.05) is 19.1 Å². The molecule has 0 fully saturated rings. The largest absolute Gasteiger partial charge is 0.361 e. The Kier molecular flexibility index (Phi) is 5.75. The predicted octanol–water partition coefficient (Wildman–Crippen LogP) is 2.05. The van der Waals surface area contributed by atoms with Crippen molar-refractivity contribution in [2.75, 3.05) is 11.9 Å². The number of aromatic nitrogens is 2. The van der Waals surface area contributed by atoms with Crippen LogP contribution in [0.15, 0.2) is 0 Å². The molecular weight excluding hydrogens is 246 g/mol. The average molecular weight is 269 g/mol. The second-order valence-electron chi connectivity index (χ2n) is 4.63. The molecule has 0 bridgehead atoms. The lowest BCUT2D eigenvalue weighted by molar-refractivity contribution is -0.384. The molecule has 19 heavy (non-hydrogen) atoms. The fourth-order valence-corrected chi connectivity index (χ4v) is 2.10. The number of nitro groups is 1. The highest BCUT2D eigenvalue weighted by Crippen LogP contribution is 2.29. The van der Waals surface area contributed by atoms with E-state index in [2.05, 4.69) is 17.3 Å². The molecule has 7 nitrogen and oxygen atoms in total. The topological polar surface area (TPSA) is 99.0 Å². The molecule has 0 aromatic carbocycles. The summed E-state index contributed by atoms with van der Waals surface area (Å²) >= 11 is 0. The first kappa shape index (κ1) is 15.4. The number of nitrogens with one attached hydrogen (secondary N) is 1. The monoisotopic (exact) mass is 269 g/mol. The smallest absolute Gasteiger partial charge is 0.333 e. The lowest BCUT2D eigenvalue weighted by Crippen LogP contribution is -2.30. The summed E-state index contributed by atoms with van der Waals surface area (Å²) in [5.74, 6) is 0.480. The SMILES string of the molecule is CCCC(CN)Nc1c([N+](=O)[O-])c(C)nn1CCC. The molecule has 0 spiro atoms. The maximum absolute atomic E-state index is 11.2. The molecule has 108 valence electrons. The molecule has 1 aromatic heterocycles. The van der Waals surface area contributed by atoms with Crippen molar-refractivity contribution in [1.29, 1.82) is 0 Å². The molecule has 0 amide bonds. The molecule has 1 atom stereocenters. The molecule has 1 aromatic rings. The Morgan fingerprint density at radius 2 is 2.16 bits per heavy atom. The van der Waals surface area contributed by atoms with Crippen LogP contribution in [0.3, 0.4) is 0 Å². The van der Waals surface area contributed by atoms with Crippen molar-refractivity contribution in [3.05, 3.63) is 15.8 Å². The van der Waals surface area contributed by atoms with Gasteiger partial charge in [0.05, 0.1) is 4.92 Å². The minimum atomic E-state index is -0.379. The minimum Gasteiger partial charge on any atom is -0.361 e. The second-order valence-corrected chi connectivity index (χ2v) is 4.63. The third-order valence-corrected chi connectivity index (χ3v) is 2.98. The quantitative estimate of drug-likeness (QED) is 0.556. The van der Waals surface area contributed by atoms with E-state index in [9.17, 15) is 10.1 Å². The summed E-state index contributed by atoms with van der Waals surface area (Å²) in [5.41, 5.74) is 6.20. The number of anilines is 1. The first-order valence-corrected chi connectivity index (χ1v) is 6.73. The predicted molar refractivity (Wildman–Crippen MR) is 75.3 cm³/mol. The van der Waals surface area contributed by atoms with Crippen LogP contribution in [-0.2, 0) is 6.54 Å². The Bertz CT molecular complexity index is 430. The van der Waals surface area contributed by atoms with Crippen molar-refractivity contribution < 1.29 is 4.92 Å². The van der Waals surface area contributed by atoms with Gasteiger partial charge < -0.3 is 11.1 Å². The Morgan fingerprint density at radius 3 is 2.63 bits per heavy atom. The lowest BCUT2D eigenvalue weighted by Gasteiger charge is -2.17. The van der Waals surface area contributed by atoms with Crippen LogP contribution in [0.5, 0.6) is 0 Å². The van der Waals surface area contributed by atoms with E-state index in [1.165, 1.54) is 0 Å². The van der Waals surface area contributed by atoms with E-state index in [4.69, 9.17) is 5.73 Å². The molecule has 3 N–H and O–H groups in total. The standard InChI is InChI=1S/C12H23N5O2/c1-4-6-10(8-13)14-12-11(17(18)19)9(3)15-16(12)7-5-2/h10,14H,4-8,13H2,1-3H3. The fraction of sp³-hybridized carbons (Fsp3) is 0.750. The zero-order valence-corrected chi connectivity index (χ0v) is 11.8. The Morgan fingerprint density at radius 1 is 1.47 bits per heavy atom. The van der Waals surface area contributed by atoms with Crippen LogP contribution in [0.1, 0.15) is 38.8 Å². The number of hydrogen-bond acceptors (Lipinski definition) is 5. The fourth-order valence-electron chi connectivity index (χ4n) is 2.10. The second kappa shape index (κ2) is 7.08. The van der Waals surface area contributed by atoms with Gasteiger partial charge in [0.1, 0.15) is 5.69 Å². The molecule has 0 saturated heterocycles. The molecule has 0 saturated carbocycles. The molecule has 0 aliphatic carbocycles. The molecule has 0 radical (unpaired) electrons. The van der Waals surface area contributed by atoms with Crippen LogP contribution in [0.2, 0.25) is 0 Å². The maximum Gasteiger partial charge on any atom is 0.333 e. The molecule has 0 aliphatic heterocycles. The van der Waals surface area contributed by atoms with Gasteiger partial charge in [0.2, 0.25) is 5.82 Å². The van der Waals surface area contributed by atoms with E-state index in [-0.39, 0.29) is 16.7 Å². The van der Waals surface area contributed by atoms with E-state index in [0.717, 1.165) is 19.3 Å². The minimum absolute atomic E-state index is 0.0374. The van der Waals surface area contributed by atoms with Gasteiger partial charge >= 0.3 is 5.69 Å². The molecule has 0 aliphatic rings. The Hall–Kier alpha value is -1.63. The number of rotatable bonds is 8. The van der Waals surface area contributed by atoms with Crippen molar-refractivity contribution in [3.63, 3.8) is 0 Å². The Labute approximate surface area is 113 Å². The average Bonchev–Trinajstić information content (AvgIpc) is 2.65. The highest BCUT2D eigenvalue weighted by molar-refractivity contribution is 5.60. The summed E-state index contributed by atoms with van der Waals surface area (Å²) in [6.07, 6.45) is 2.72. The van der Waals surface area contributed by atoms with Gasteiger partial charge in [-0.15, -0.1) is 0 Å². The first-order valence-electron chi connectivity index (χ1n) is 6.73. The summed E-state index contributed by atoms with van der Waals surface area (Å²) in [4.78, 5) is 10.8. The molecular formula is C12H23N5O2. The zero-order valence-electron chi connectivity index (χ0n) is 11.8. The van der Waals surface area contributed by atoms with E-state index >= 15 is 0 Å². The summed E-state index contributed by atoms with van der Waals surface area (Å²) < 4.78 is 1.67. The highest BCUT2D eigenvalue weighted by Gasteiger charge is 2.26. The van der Waals surface area contributed by atoms with Crippen molar-refractivity contribution >= 4 is 11.5 Å². The third kappa shape index (κ3) is 3.66. The maximum atomic E-state index is 11.2. The summed E-state index contributed by atoms with van der Waals surface area (Å²) in [5, 5.41) is 18.6. The van der Waals surface area contributed by atoms with Crippen LogP contribution in [0.4, 0.5) is 11.5 Å². The molecule has 7 heteroatoms. The van der Waals surface area contributed by atoms with Crippen molar-refractivity contribution in [2.24, 2.45) is 5.73 Å². The molecule has 1 unspecified atom stereocenters. The normalized spacial score (nSPS) is 12.4. The van der Waals surface area contributed by atoms with E-state index in [1.807, 2.05) is 6.92 Å². The zero-order chi connectivity index (χ0) is 14.4. The van der Waals surface area contributed by atoms with Gasteiger partial charge in [0.25, 0.3) is 0 Å². The molecule has 1 heterocycles. The van der Waals surface area contributed by atoms with Crippen LogP contribution in [-0.4, -0.2) is 27.3 Å². The van der Waals surface area contributed by atoms with Crippen molar-refractivity contribution in [1.82, 2.24) is 9.78 Å². The van der Waals surface area contributed by atoms with E-state index < -0.39 is 0 Å². The summed E-state index contributed by atoms with van der Waals surface area (Å²) in [6.45, 7) is 6.83. The van der Waals surface area contributed by atoms with E-state index in [1.54, 1.807) is 11.6 Å². The summed E-state index contributed by atoms with van der Waals surface area (Å²) in [6, 6.07) is 0.0374. The van der Waals surface area contributed by atoms with Gasteiger partial charge in [-0.2, -0.15) is 5.10 Å². The van der Waals surface area contributed by atoms with Crippen molar-refractivity contribution in [2.45, 2.75) is 52.6 Å². The lowest BCUT2D eigenvalue weighted by atomic mass is 10.1. The van der Waals surface area contributed by atoms with Gasteiger partial charge in [-0.05, 0) is 19.8 Å². The van der Waals surface area contributed by atoms with Crippen molar-refractivity contribution in [3.8, 4) is 0 Å². The van der Waals surface area contributed by atoms with Gasteiger partial charge in [-0.1, -0.05) is 20.3 Å². The van der Waals surface area contributed by atoms with Gasteiger partial charge in [-0.25, -0.2) is 4.68 Å². The number of nitrogens with two attached hydrogens (primary N) is 1. The number of hydrogen-bond donors (Lipinski definition) is 2. The van der Waals surface area contributed by atoms with Gasteiger partial charge in [0.15, 0.2) is 0 Å². The van der Waals surface area contributed by atoms with Crippen LogP contribution < -0.4 is 11.1 Å². The summed E-state index contributed by atoms with van der Waals surface area (Å²) in [7, 11) is 0. The number of nitrogens with zero attached hydrogens (tertiary/aromatic N) is 3. The van der Waals surface area contributed by atoms with Crippen LogP contribution >= 0.6 is 0 Å². The molecule has 1 rings (SSSR count). The van der Waals surface area contributed by atoms with E-state index in [0.29, 0.717) is 24.6 Å². The Balaban J connectivity index is 3.09. The number of aryl methyl sites for hydroxylation is 2. The van der Waals surface area contributed by atoms with Gasteiger partial charge in [-0.3, -0.25) is 10.1 Å². The first-order chi connectivity index (χ1) is 9.04. The third-order valence-electron chi connectivity index (χ3n) is 2.98. The van der Waals surface area contributed by atoms with Crippen LogP contribution in [0, 0.1) is 17.0 Å². The highest BCUT2D eigenvalue weighted by atomic mass is 16.6.